The Kier molecular flexibility index (Phi) is 8.67. The largest absolute Gasteiger partial charge is 0.719 e. The molecule has 0 heterocycles. The molecule has 1 aromatic carbocycles. The summed E-state index contributed by atoms with van der Waals surface area (Å²) in [5.41, 5.74) is 1.01. The number of phenols is 1. The molecule has 124 valence electrons. The number of aromatic hydroxyl groups is 1. The molecule has 4 nitrogen and oxygen atoms in total. The summed E-state index contributed by atoms with van der Waals surface area (Å²) in [6, 6.07) is 5.29. The monoisotopic (exact) mass is 324 g/mol. The highest BCUT2D eigenvalue weighted by Crippen LogP contribution is 2.27. The van der Waals surface area contributed by atoms with E-state index in [1.54, 1.807) is 12.1 Å². The van der Waals surface area contributed by atoms with E-state index in [-0.39, 0.29) is 11.8 Å². The van der Waals surface area contributed by atoms with E-state index in [9.17, 15) is 9.90 Å². The molecule has 1 unspecified atom stereocenters. The number of nitrogens with one attached hydrogen (secondary N) is 1. The number of hydrogen-bond donors (Lipinski definition) is 2. The molecular formula is C17H26NO3S-. The molecule has 22 heavy (non-hydrogen) atoms. The van der Waals surface area contributed by atoms with Gasteiger partial charge in [-0.2, -0.15) is 0 Å². The predicted octanol–water partition coefficient (Wildman–Crippen LogP) is 3.93. The van der Waals surface area contributed by atoms with Crippen LogP contribution >= 0.6 is 0 Å². The van der Waals surface area contributed by atoms with Gasteiger partial charge >= 0.3 is 0 Å². The second kappa shape index (κ2) is 10.3. The Morgan fingerprint density at radius 2 is 2.05 bits per heavy atom. The van der Waals surface area contributed by atoms with Gasteiger partial charge in [0, 0.05) is 6.04 Å². The molecule has 0 fully saturated rings. The van der Waals surface area contributed by atoms with Crippen LogP contribution in [0.15, 0.2) is 18.2 Å². The van der Waals surface area contributed by atoms with Gasteiger partial charge in [-0.05, 0) is 30.5 Å². The van der Waals surface area contributed by atoms with E-state index in [2.05, 4.69) is 24.9 Å². The molecule has 1 rings (SSSR count). The first-order valence-electron chi connectivity index (χ1n) is 7.90. The maximum absolute atomic E-state index is 11.2. The number of amides is 1. The summed E-state index contributed by atoms with van der Waals surface area (Å²) in [6.45, 7) is 2.19. The molecule has 0 aromatic heterocycles. The summed E-state index contributed by atoms with van der Waals surface area (Å²) in [7, 11) is 1.52. The van der Waals surface area contributed by atoms with E-state index < -0.39 is 5.24 Å². The third-order valence-corrected chi connectivity index (χ3v) is 3.82. The van der Waals surface area contributed by atoms with Gasteiger partial charge in [0.15, 0.2) is 11.5 Å². The van der Waals surface area contributed by atoms with Gasteiger partial charge in [-0.25, -0.2) is 0 Å². The van der Waals surface area contributed by atoms with Crippen LogP contribution in [-0.2, 0) is 19.0 Å². The summed E-state index contributed by atoms with van der Waals surface area (Å²) in [4.78, 5) is 11.2. The number of unbranched alkanes of at least 4 members (excludes halogenated alkanes) is 4. The normalized spacial score (nSPS) is 11.9. The van der Waals surface area contributed by atoms with Crippen LogP contribution in [0, 0.1) is 0 Å². The standard InChI is InChI=1S/C17H27NO3S/c1-3-4-5-6-7-8-14(18-17(20)22)11-13-9-10-15(19)16(12-13)21-2/h9-10,12,14,19H,3-8,11H2,1-2H3,(H2,18,20,22)/p-1. The molecule has 0 spiro atoms. The molecular weight excluding hydrogens is 298 g/mol. The van der Waals surface area contributed by atoms with E-state index in [1.807, 2.05) is 6.07 Å². The third kappa shape index (κ3) is 6.98. The number of carbonyl (C=O) groups excluding carboxylic acids is 1. The first-order chi connectivity index (χ1) is 10.6. The first-order valence-corrected chi connectivity index (χ1v) is 8.31. The van der Waals surface area contributed by atoms with Crippen molar-refractivity contribution in [2.75, 3.05) is 7.11 Å². The van der Waals surface area contributed by atoms with Gasteiger partial charge in [-0.1, -0.05) is 45.1 Å². The summed E-state index contributed by atoms with van der Waals surface area (Å²) >= 11 is 4.65. The second-order valence-corrected chi connectivity index (χ2v) is 5.91. The van der Waals surface area contributed by atoms with Crippen molar-refractivity contribution in [2.45, 2.75) is 57.9 Å². The molecule has 0 bridgehead atoms. The number of benzene rings is 1. The molecule has 0 saturated carbocycles. The average molecular weight is 324 g/mol. The van der Waals surface area contributed by atoms with Gasteiger partial charge < -0.3 is 32.6 Å². The second-order valence-electron chi connectivity index (χ2n) is 5.54. The van der Waals surface area contributed by atoms with Crippen molar-refractivity contribution >= 4 is 17.9 Å². The van der Waals surface area contributed by atoms with Crippen molar-refractivity contribution in [3.8, 4) is 11.5 Å². The van der Waals surface area contributed by atoms with Crippen molar-refractivity contribution in [3.05, 3.63) is 23.8 Å². The maximum Gasteiger partial charge on any atom is 0.160 e. The van der Waals surface area contributed by atoms with E-state index in [4.69, 9.17) is 4.74 Å². The average Bonchev–Trinajstić information content (AvgIpc) is 2.48. The Morgan fingerprint density at radius 3 is 2.68 bits per heavy atom. The fourth-order valence-electron chi connectivity index (χ4n) is 2.52. The third-order valence-electron chi connectivity index (χ3n) is 3.70. The molecule has 5 heteroatoms. The maximum atomic E-state index is 11.2. The smallest absolute Gasteiger partial charge is 0.160 e. The fraction of sp³-hybridized carbons (Fsp3) is 0.588. The molecule has 0 radical (unpaired) electrons. The van der Waals surface area contributed by atoms with Crippen LogP contribution in [0.2, 0.25) is 0 Å². The molecule has 0 saturated heterocycles. The molecule has 1 amide bonds. The minimum Gasteiger partial charge on any atom is -0.719 e. The van der Waals surface area contributed by atoms with Gasteiger partial charge in [-0.3, -0.25) is 0 Å². The molecule has 1 atom stereocenters. The molecule has 1 aromatic rings. The quantitative estimate of drug-likeness (QED) is 0.506. The van der Waals surface area contributed by atoms with Crippen LogP contribution in [0.3, 0.4) is 0 Å². The van der Waals surface area contributed by atoms with Crippen LogP contribution in [0.25, 0.3) is 0 Å². The number of hydrogen-bond acceptors (Lipinski definition) is 4. The lowest BCUT2D eigenvalue weighted by atomic mass is 9.99. The highest BCUT2D eigenvalue weighted by Gasteiger charge is 2.11. The zero-order valence-corrected chi connectivity index (χ0v) is 14.2. The van der Waals surface area contributed by atoms with Gasteiger partial charge in [-0.15, -0.1) is 0 Å². The number of rotatable bonds is 10. The topological polar surface area (TPSA) is 58.6 Å². The van der Waals surface area contributed by atoms with Gasteiger partial charge in [0.1, 0.15) is 0 Å². The molecule has 0 aliphatic heterocycles. The SMILES string of the molecule is CCCCCCCC(Cc1ccc(O)c(OC)c1)NC(=O)[S-]. The highest BCUT2D eigenvalue weighted by molar-refractivity contribution is 7.76. The van der Waals surface area contributed by atoms with Crippen LogP contribution in [0.4, 0.5) is 4.79 Å². The van der Waals surface area contributed by atoms with E-state index >= 15 is 0 Å². The fourth-order valence-corrected chi connectivity index (χ4v) is 2.69. The predicted molar refractivity (Wildman–Crippen MR) is 91.4 cm³/mol. The van der Waals surface area contributed by atoms with Gasteiger partial charge in [0.2, 0.25) is 0 Å². The Bertz CT molecular complexity index is 465. The summed E-state index contributed by atoms with van der Waals surface area (Å²) < 4.78 is 5.12. The lowest BCUT2D eigenvalue weighted by Gasteiger charge is -2.21. The van der Waals surface area contributed by atoms with Crippen molar-refractivity contribution in [1.29, 1.82) is 0 Å². The van der Waals surface area contributed by atoms with Crippen molar-refractivity contribution < 1.29 is 14.6 Å². The minimum absolute atomic E-state index is 0.0286. The van der Waals surface area contributed by atoms with Crippen molar-refractivity contribution in [1.82, 2.24) is 5.32 Å². The van der Waals surface area contributed by atoms with Crippen molar-refractivity contribution in [3.63, 3.8) is 0 Å². The van der Waals surface area contributed by atoms with Gasteiger partial charge in [0.25, 0.3) is 0 Å². The van der Waals surface area contributed by atoms with E-state index in [0.717, 1.165) is 18.4 Å². The molecule has 0 aliphatic rings. The Labute approximate surface area is 138 Å². The Balaban J connectivity index is 2.58. The number of carbonyl (C=O) groups is 1. The Morgan fingerprint density at radius 1 is 1.32 bits per heavy atom. The number of ether oxygens (including phenoxy) is 1. The first kappa shape index (κ1) is 18.6. The van der Waals surface area contributed by atoms with E-state index in [0.29, 0.717) is 12.2 Å². The summed E-state index contributed by atoms with van der Waals surface area (Å²) in [5, 5.41) is 12.1. The minimum atomic E-state index is -0.413. The number of phenolic OH excluding ortho intramolecular Hbond substituents is 1. The van der Waals surface area contributed by atoms with Crippen LogP contribution < -0.4 is 10.1 Å². The van der Waals surface area contributed by atoms with Crippen LogP contribution in [0.1, 0.15) is 51.0 Å². The van der Waals surface area contributed by atoms with E-state index in [1.165, 1.54) is 32.8 Å². The highest BCUT2D eigenvalue weighted by atomic mass is 32.1. The van der Waals surface area contributed by atoms with Crippen molar-refractivity contribution in [2.24, 2.45) is 0 Å². The zero-order valence-electron chi connectivity index (χ0n) is 13.4. The lowest BCUT2D eigenvalue weighted by Crippen LogP contribution is -2.34. The summed E-state index contributed by atoms with van der Waals surface area (Å²) in [5.74, 6) is 0.568. The Hall–Kier alpha value is -1.49. The lowest BCUT2D eigenvalue weighted by molar-refractivity contribution is 0.256. The summed E-state index contributed by atoms with van der Waals surface area (Å²) in [6.07, 6.45) is 7.57. The number of methoxy groups -OCH3 is 1. The van der Waals surface area contributed by atoms with Crippen LogP contribution in [-0.4, -0.2) is 23.5 Å². The molecule has 2 N–H and O–H groups in total. The molecule has 0 aliphatic carbocycles. The van der Waals surface area contributed by atoms with Crippen LogP contribution in [0.5, 0.6) is 11.5 Å². The van der Waals surface area contributed by atoms with Gasteiger partial charge in [0.05, 0.1) is 12.3 Å². The zero-order chi connectivity index (χ0) is 16.4.